The molecular weight excluding hydrogens is 136 g/mol. The summed E-state index contributed by atoms with van der Waals surface area (Å²) in [6, 6.07) is 0. The van der Waals surface area contributed by atoms with Crippen molar-refractivity contribution in [3.63, 3.8) is 0 Å². The van der Waals surface area contributed by atoms with Gasteiger partial charge in [0.15, 0.2) is 0 Å². The second-order valence-electron chi connectivity index (χ2n) is 3.55. The van der Waals surface area contributed by atoms with E-state index in [1.807, 2.05) is 6.20 Å². The highest BCUT2D eigenvalue weighted by Gasteiger charge is 2.10. The molecule has 0 bridgehead atoms. The number of hydrogen-bond acceptors (Lipinski definition) is 1. The summed E-state index contributed by atoms with van der Waals surface area (Å²) in [4.78, 5) is 0. The first-order valence-electron chi connectivity index (χ1n) is 4.16. The van der Waals surface area contributed by atoms with Crippen LogP contribution >= 0.6 is 0 Å². The summed E-state index contributed by atoms with van der Waals surface area (Å²) in [6.07, 6.45) is 1.93. The van der Waals surface area contributed by atoms with Gasteiger partial charge in [-0.2, -0.15) is 5.10 Å². The van der Waals surface area contributed by atoms with Crippen molar-refractivity contribution >= 4 is 0 Å². The predicted octanol–water partition coefficient (Wildman–Crippen LogP) is 2.66. The van der Waals surface area contributed by atoms with Crippen molar-refractivity contribution in [3.8, 4) is 0 Å². The van der Waals surface area contributed by atoms with Gasteiger partial charge in [-0.15, -0.1) is 0 Å². The highest BCUT2D eigenvalue weighted by molar-refractivity contribution is 5.22. The molecule has 2 nitrogen and oxygen atoms in total. The van der Waals surface area contributed by atoms with Crippen molar-refractivity contribution in [1.82, 2.24) is 10.2 Å². The van der Waals surface area contributed by atoms with Crippen LogP contribution < -0.4 is 0 Å². The molecule has 0 saturated carbocycles. The van der Waals surface area contributed by atoms with E-state index in [1.54, 1.807) is 0 Å². The lowest BCUT2D eigenvalue weighted by Gasteiger charge is -2.07. The maximum absolute atomic E-state index is 4.04. The van der Waals surface area contributed by atoms with Crippen LogP contribution in [0.25, 0.3) is 0 Å². The topological polar surface area (TPSA) is 28.7 Å². The summed E-state index contributed by atoms with van der Waals surface area (Å²) in [6.45, 7) is 8.74. The fourth-order valence-electron chi connectivity index (χ4n) is 1.23. The lowest BCUT2D eigenvalue weighted by atomic mass is 9.98. The third kappa shape index (κ3) is 1.62. The molecule has 1 aromatic rings. The lowest BCUT2D eigenvalue weighted by Crippen LogP contribution is -1.95. The Morgan fingerprint density at radius 2 is 1.82 bits per heavy atom. The number of aromatic nitrogens is 2. The van der Waals surface area contributed by atoms with E-state index in [0.717, 1.165) is 0 Å². The van der Waals surface area contributed by atoms with Gasteiger partial charge in [0.25, 0.3) is 0 Å². The maximum atomic E-state index is 4.04. The normalized spacial score (nSPS) is 11.5. The Balaban J connectivity index is 2.96. The highest BCUT2D eigenvalue weighted by atomic mass is 15.1. The fourth-order valence-corrected chi connectivity index (χ4v) is 1.23. The highest BCUT2D eigenvalue weighted by Crippen LogP contribution is 2.22. The molecule has 0 spiro atoms. The average Bonchev–Trinajstić information content (AvgIpc) is 2.32. The third-order valence-corrected chi connectivity index (χ3v) is 1.90. The van der Waals surface area contributed by atoms with Crippen molar-refractivity contribution < 1.29 is 0 Å². The van der Waals surface area contributed by atoms with E-state index >= 15 is 0 Å². The number of aromatic amines is 1. The van der Waals surface area contributed by atoms with Crippen LogP contribution in [-0.2, 0) is 0 Å². The average molecular weight is 152 g/mol. The standard InChI is InChI=1S/C9H16N2/c1-6(2)8-5-10-11-9(8)7(3)4/h5-7H,1-4H3,(H,10,11). The first-order chi connectivity index (χ1) is 5.13. The van der Waals surface area contributed by atoms with E-state index in [0.29, 0.717) is 11.8 Å². The van der Waals surface area contributed by atoms with E-state index in [4.69, 9.17) is 0 Å². The van der Waals surface area contributed by atoms with Gasteiger partial charge in [-0.05, 0) is 17.4 Å². The monoisotopic (exact) mass is 152 g/mol. The maximum Gasteiger partial charge on any atom is 0.0524 e. The summed E-state index contributed by atoms with van der Waals surface area (Å²) in [5.74, 6) is 1.13. The molecule has 0 radical (unpaired) electrons. The van der Waals surface area contributed by atoms with E-state index in [-0.39, 0.29) is 0 Å². The quantitative estimate of drug-likeness (QED) is 0.693. The minimum Gasteiger partial charge on any atom is -0.282 e. The predicted molar refractivity (Wildman–Crippen MR) is 46.8 cm³/mol. The van der Waals surface area contributed by atoms with Crippen LogP contribution in [0.5, 0.6) is 0 Å². The van der Waals surface area contributed by atoms with Crippen LogP contribution in [0.2, 0.25) is 0 Å². The van der Waals surface area contributed by atoms with Crippen LogP contribution in [0.4, 0.5) is 0 Å². The number of rotatable bonds is 2. The molecular formula is C9H16N2. The zero-order valence-electron chi connectivity index (χ0n) is 7.68. The number of H-pyrrole nitrogens is 1. The zero-order chi connectivity index (χ0) is 8.43. The second-order valence-corrected chi connectivity index (χ2v) is 3.55. The van der Waals surface area contributed by atoms with Crippen molar-refractivity contribution in [1.29, 1.82) is 0 Å². The van der Waals surface area contributed by atoms with Gasteiger partial charge in [-0.3, -0.25) is 5.10 Å². The molecule has 1 aromatic heterocycles. The Bertz CT molecular complexity index is 201. The largest absolute Gasteiger partial charge is 0.282 e. The van der Waals surface area contributed by atoms with E-state index < -0.39 is 0 Å². The van der Waals surface area contributed by atoms with Gasteiger partial charge in [0.2, 0.25) is 0 Å². The van der Waals surface area contributed by atoms with E-state index in [9.17, 15) is 0 Å². The third-order valence-electron chi connectivity index (χ3n) is 1.90. The van der Waals surface area contributed by atoms with Gasteiger partial charge in [-0.25, -0.2) is 0 Å². The number of nitrogens with one attached hydrogen (secondary N) is 1. The van der Waals surface area contributed by atoms with Crippen LogP contribution in [0.1, 0.15) is 50.8 Å². The van der Waals surface area contributed by atoms with Crippen LogP contribution in [0.15, 0.2) is 6.20 Å². The van der Waals surface area contributed by atoms with Gasteiger partial charge < -0.3 is 0 Å². The van der Waals surface area contributed by atoms with E-state index in [1.165, 1.54) is 11.3 Å². The molecule has 0 fully saturated rings. The second kappa shape index (κ2) is 3.07. The molecule has 1 rings (SSSR count). The molecule has 0 aliphatic heterocycles. The molecule has 0 unspecified atom stereocenters. The minimum absolute atomic E-state index is 0.551. The summed E-state index contributed by atoms with van der Waals surface area (Å²) >= 11 is 0. The number of hydrogen-bond donors (Lipinski definition) is 1. The molecule has 2 heteroatoms. The smallest absolute Gasteiger partial charge is 0.0524 e. The summed E-state index contributed by atoms with van der Waals surface area (Å²) < 4.78 is 0. The molecule has 0 aliphatic carbocycles. The Morgan fingerprint density at radius 3 is 2.18 bits per heavy atom. The first kappa shape index (κ1) is 8.31. The molecule has 0 aromatic carbocycles. The lowest BCUT2D eigenvalue weighted by molar-refractivity contribution is 0.767. The van der Waals surface area contributed by atoms with Crippen molar-refractivity contribution in [3.05, 3.63) is 17.5 Å². The first-order valence-corrected chi connectivity index (χ1v) is 4.16. The van der Waals surface area contributed by atoms with Gasteiger partial charge >= 0.3 is 0 Å². The number of nitrogens with zero attached hydrogens (tertiary/aromatic N) is 1. The fraction of sp³-hybridized carbons (Fsp3) is 0.667. The van der Waals surface area contributed by atoms with Crippen molar-refractivity contribution in [2.24, 2.45) is 0 Å². The van der Waals surface area contributed by atoms with Crippen molar-refractivity contribution in [2.75, 3.05) is 0 Å². The Kier molecular flexibility index (Phi) is 2.32. The Morgan fingerprint density at radius 1 is 1.18 bits per heavy atom. The molecule has 62 valence electrons. The Labute approximate surface area is 68.0 Å². The van der Waals surface area contributed by atoms with Gasteiger partial charge in [0.05, 0.1) is 6.20 Å². The SMILES string of the molecule is CC(C)c1cn[nH]c1C(C)C. The minimum atomic E-state index is 0.551. The Hall–Kier alpha value is -0.790. The molecule has 0 aliphatic rings. The molecule has 0 amide bonds. The molecule has 0 atom stereocenters. The van der Waals surface area contributed by atoms with Crippen LogP contribution in [0.3, 0.4) is 0 Å². The molecule has 1 N–H and O–H groups in total. The zero-order valence-corrected chi connectivity index (χ0v) is 7.68. The molecule has 1 heterocycles. The van der Waals surface area contributed by atoms with E-state index in [2.05, 4.69) is 37.9 Å². The molecule has 11 heavy (non-hydrogen) atoms. The van der Waals surface area contributed by atoms with Crippen LogP contribution in [0, 0.1) is 0 Å². The van der Waals surface area contributed by atoms with Crippen LogP contribution in [-0.4, -0.2) is 10.2 Å². The van der Waals surface area contributed by atoms with Gasteiger partial charge in [0.1, 0.15) is 0 Å². The van der Waals surface area contributed by atoms with Gasteiger partial charge in [-0.1, -0.05) is 27.7 Å². The summed E-state index contributed by atoms with van der Waals surface area (Å²) in [5, 5.41) is 7.08. The molecule has 0 saturated heterocycles. The van der Waals surface area contributed by atoms with Gasteiger partial charge in [0, 0.05) is 5.69 Å². The summed E-state index contributed by atoms with van der Waals surface area (Å²) in [5.41, 5.74) is 2.62. The van der Waals surface area contributed by atoms with Crippen molar-refractivity contribution in [2.45, 2.75) is 39.5 Å². The summed E-state index contributed by atoms with van der Waals surface area (Å²) in [7, 11) is 0.